The molecule has 1 aromatic heterocycles. The zero-order valence-electron chi connectivity index (χ0n) is 15.8. The van der Waals surface area contributed by atoms with E-state index in [9.17, 15) is 0 Å². The van der Waals surface area contributed by atoms with E-state index in [4.69, 9.17) is 0 Å². The molecule has 1 heterocycles. The number of nitrogens with zero attached hydrogens (tertiary/aromatic N) is 2. The van der Waals surface area contributed by atoms with Gasteiger partial charge in [-0.25, -0.2) is 0 Å². The van der Waals surface area contributed by atoms with Gasteiger partial charge in [0.2, 0.25) is 0 Å². The molecule has 0 saturated heterocycles. The minimum Gasteiger partial charge on any atom is -0.316 e. The highest BCUT2D eigenvalue weighted by atomic mass is 15.3. The van der Waals surface area contributed by atoms with Crippen molar-refractivity contribution in [3.63, 3.8) is 0 Å². The molecule has 138 valence electrons. The molecule has 4 nitrogen and oxygen atoms in total. The summed E-state index contributed by atoms with van der Waals surface area (Å²) in [6.45, 7) is 4.36. The van der Waals surface area contributed by atoms with Gasteiger partial charge >= 0.3 is 0 Å². The summed E-state index contributed by atoms with van der Waals surface area (Å²) in [5.41, 5.74) is 3.44. The van der Waals surface area contributed by atoms with Crippen LogP contribution in [-0.4, -0.2) is 28.5 Å². The molecule has 2 aromatic rings. The molecule has 0 amide bonds. The molecule has 0 atom stereocenters. The second kappa shape index (κ2) is 12.6. The summed E-state index contributed by atoms with van der Waals surface area (Å²) in [6.07, 6.45) is 12.8. The Morgan fingerprint density at radius 2 is 1.48 bits per heavy atom. The van der Waals surface area contributed by atoms with Gasteiger partial charge < -0.3 is 5.32 Å². The van der Waals surface area contributed by atoms with Crippen molar-refractivity contribution < 1.29 is 0 Å². The van der Waals surface area contributed by atoms with Crippen molar-refractivity contribution >= 4 is 0 Å². The summed E-state index contributed by atoms with van der Waals surface area (Å²) in [4.78, 5) is 0. The third-order valence-corrected chi connectivity index (χ3v) is 4.66. The fraction of sp³-hybridized carbons (Fsp3) is 0.619. The first-order valence-corrected chi connectivity index (χ1v) is 10.0. The SMILES string of the molecule is CCCCCCCCCCNCCc1n[nH]nc1Cc1ccccc1. The van der Waals surface area contributed by atoms with Crippen LogP contribution in [0.5, 0.6) is 0 Å². The normalized spacial score (nSPS) is 11.1. The summed E-state index contributed by atoms with van der Waals surface area (Å²) < 4.78 is 0. The summed E-state index contributed by atoms with van der Waals surface area (Å²) in [5, 5.41) is 15.0. The molecule has 0 aliphatic rings. The molecule has 0 saturated carbocycles. The Morgan fingerprint density at radius 1 is 0.800 bits per heavy atom. The summed E-state index contributed by atoms with van der Waals surface area (Å²) in [7, 11) is 0. The monoisotopic (exact) mass is 342 g/mol. The fourth-order valence-electron chi connectivity index (χ4n) is 3.12. The van der Waals surface area contributed by atoms with Crippen molar-refractivity contribution in [2.45, 2.75) is 71.1 Å². The molecular weight excluding hydrogens is 308 g/mol. The first-order chi connectivity index (χ1) is 12.4. The Hall–Kier alpha value is -1.68. The van der Waals surface area contributed by atoms with E-state index in [0.29, 0.717) is 0 Å². The quantitative estimate of drug-likeness (QED) is 0.491. The second-order valence-electron chi connectivity index (χ2n) is 6.85. The molecule has 4 heteroatoms. The number of nitrogens with one attached hydrogen (secondary N) is 2. The molecule has 1 aromatic carbocycles. The van der Waals surface area contributed by atoms with Crippen molar-refractivity contribution in [3.05, 3.63) is 47.3 Å². The number of H-pyrrole nitrogens is 1. The molecule has 0 aliphatic carbocycles. The number of rotatable bonds is 14. The standard InChI is InChI=1S/C21H34N4/c1-2-3-4-5-6-7-8-12-16-22-17-15-20-21(24-25-23-20)18-19-13-10-9-11-14-19/h9-11,13-14,22H,2-8,12,15-18H2,1H3,(H,23,24,25). The second-order valence-corrected chi connectivity index (χ2v) is 6.85. The number of hydrogen-bond acceptors (Lipinski definition) is 3. The zero-order valence-corrected chi connectivity index (χ0v) is 15.8. The predicted octanol–water partition coefficient (Wildman–Crippen LogP) is 4.67. The molecule has 0 radical (unpaired) electrons. The van der Waals surface area contributed by atoms with E-state index in [1.54, 1.807) is 0 Å². The van der Waals surface area contributed by atoms with E-state index in [1.165, 1.54) is 56.9 Å². The average Bonchev–Trinajstić information content (AvgIpc) is 3.07. The van der Waals surface area contributed by atoms with E-state index >= 15 is 0 Å². The van der Waals surface area contributed by atoms with Crippen LogP contribution in [-0.2, 0) is 12.8 Å². The summed E-state index contributed by atoms with van der Waals surface area (Å²) in [6, 6.07) is 10.5. The Balaban J connectivity index is 1.52. The molecule has 0 spiro atoms. The smallest absolute Gasteiger partial charge is 0.0900 e. The van der Waals surface area contributed by atoms with Crippen molar-refractivity contribution in [2.75, 3.05) is 13.1 Å². The lowest BCUT2D eigenvalue weighted by atomic mass is 10.1. The zero-order chi connectivity index (χ0) is 17.6. The van der Waals surface area contributed by atoms with Gasteiger partial charge in [-0.2, -0.15) is 15.4 Å². The van der Waals surface area contributed by atoms with Gasteiger partial charge in [0, 0.05) is 19.4 Å². The Labute approximate surface area is 152 Å². The molecule has 25 heavy (non-hydrogen) atoms. The first kappa shape index (κ1) is 19.6. The van der Waals surface area contributed by atoms with Gasteiger partial charge in [0.05, 0.1) is 11.4 Å². The molecule has 0 bridgehead atoms. The van der Waals surface area contributed by atoms with Gasteiger partial charge in [-0.1, -0.05) is 82.2 Å². The Kier molecular flexibility index (Phi) is 9.94. The van der Waals surface area contributed by atoms with Crippen LogP contribution >= 0.6 is 0 Å². The fourth-order valence-corrected chi connectivity index (χ4v) is 3.12. The average molecular weight is 343 g/mol. The largest absolute Gasteiger partial charge is 0.316 e. The van der Waals surface area contributed by atoms with Crippen molar-refractivity contribution in [1.29, 1.82) is 0 Å². The van der Waals surface area contributed by atoms with E-state index in [1.807, 2.05) is 6.07 Å². The van der Waals surface area contributed by atoms with Crippen molar-refractivity contribution in [3.8, 4) is 0 Å². The predicted molar refractivity (Wildman–Crippen MR) is 105 cm³/mol. The highest BCUT2D eigenvalue weighted by molar-refractivity contribution is 5.23. The van der Waals surface area contributed by atoms with Gasteiger partial charge in [-0.05, 0) is 18.5 Å². The van der Waals surface area contributed by atoms with E-state index in [-0.39, 0.29) is 0 Å². The highest BCUT2D eigenvalue weighted by Gasteiger charge is 2.08. The highest BCUT2D eigenvalue weighted by Crippen LogP contribution is 2.10. The lowest BCUT2D eigenvalue weighted by Gasteiger charge is -2.05. The van der Waals surface area contributed by atoms with Gasteiger partial charge in [0.15, 0.2) is 0 Å². The Morgan fingerprint density at radius 3 is 2.24 bits per heavy atom. The number of aromatic amines is 1. The molecule has 0 fully saturated rings. The van der Waals surface area contributed by atoms with E-state index < -0.39 is 0 Å². The number of unbranched alkanes of at least 4 members (excludes halogenated alkanes) is 7. The Bertz CT molecular complexity index is 550. The maximum Gasteiger partial charge on any atom is 0.0900 e. The van der Waals surface area contributed by atoms with Gasteiger partial charge in [-0.3, -0.25) is 0 Å². The topological polar surface area (TPSA) is 53.6 Å². The van der Waals surface area contributed by atoms with Crippen molar-refractivity contribution in [2.24, 2.45) is 0 Å². The first-order valence-electron chi connectivity index (χ1n) is 10.0. The lowest BCUT2D eigenvalue weighted by Crippen LogP contribution is -2.19. The summed E-state index contributed by atoms with van der Waals surface area (Å²) >= 11 is 0. The third-order valence-electron chi connectivity index (χ3n) is 4.66. The van der Waals surface area contributed by atoms with Crippen LogP contribution in [0.2, 0.25) is 0 Å². The number of benzene rings is 1. The lowest BCUT2D eigenvalue weighted by molar-refractivity contribution is 0.555. The van der Waals surface area contributed by atoms with Crippen LogP contribution < -0.4 is 5.32 Å². The number of aromatic nitrogens is 3. The molecule has 2 rings (SSSR count). The van der Waals surface area contributed by atoms with Crippen LogP contribution in [0.1, 0.15) is 75.2 Å². The van der Waals surface area contributed by atoms with E-state index in [2.05, 4.69) is 51.9 Å². The molecule has 0 aliphatic heterocycles. The van der Waals surface area contributed by atoms with Gasteiger partial charge in [0.25, 0.3) is 0 Å². The van der Waals surface area contributed by atoms with Crippen molar-refractivity contribution in [1.82, 2.24) is 20.7 Å². The van der Waals surface area contributed by atoms with Gasteiger partial charge in [0.1, 0.15) is 0 Å². The molecular formula is C21H34N4. The summed E-state index contributed by atoms with van der Waals surface area (Å²) in [5.74, 6) is 0. The maximum atomic E-state index is 4.32. The minimum atomic E-state index is 0.852. The van der Waals surface area contributed by atoms with Gasteiger partial charge in [-0.15, -0.1) is 0 Å². The maximum absolute atomic E-state index is 4.32. The number of hydrogen-bond donors (Lipinski definition) is 2. The molecule has 2 N–H and O–H groups in total. The minimum absolute atomic E-state index is 0.852. The van der Waals surface area contributed by atoms with Crippen LogP contribution in [0.15, 0.2) is 30.3 Å². The van der Waals surface area contributed by atoms with E-state index in [0.717, 1.165) is 37.3 Å². The van der Waals surface area contributed by atoms with Crippen LogP contribution in [0.4, 0.5) is 0 Å². The van der Waals surface area contributed by atoms with Crippen LogP contribution in [0.25, 0.3) is 0 Å². The van der Waals surface area contributed by atoms with Crippen LogP contribution in [0.3, 0.4) is 0 Å². The molecule has 0 unspecified atom stereocenters. The third kappa shape index (κ3) is 8.30. The van der Waals surface area contributed by atoms with Crippen LogP contribution in [0, 0.1) is 0 Å².